The van der Waals surface area contributed by atoms with Gasteiger partial charge in [-0.3, -0.25) is 0 Å². The lowest BCUT2D eigenvalue weighted by Crippen LogP contribution is -2.01. The largest absolute Gasteiger partial charge is 0.505 e. The third kappa shape index (κ3) is 1.69. The van der Waals surface area contributed by atoms with Crippen molar-refractivity contribution in [1.82, 2.24) is 0 Å². The van der Waals surface area contributed by atoms with Gasteiger partial charge in [-0.25, -0.2) is 0 Å². The normalized spacial score (nSPS) is 10.5. The van der Waals surface area contributed by atoms with Gasteiger partial charge in [0.15, 0.2) is 0 Å². The highest BCUT2D eigenvalue weighted by Gasteiger charge is 2.16. The maximum Gasteiger partial charge on any atom is 0.146 e. The second-order valence-corrected chi connectivity index (χ2v) is 4.17. The topological polar surface area (TPSA) is 72.3 Å². The van der Waals surface area contributed by atoms with E-state index in [0.717, 1.165) is 16.7 Å². The fraction of sp³-hybridized carbons (Fsp3) is 0.143. The van der Waals surface area contributed by atoms with Gasteiger partial charge in [0.25, 0.3) is 0 Å². The molecule has 0 spiro atoms. The number of aromatic hydroxyl groups is 1. The number of rotatable bonds is 1. The summed E-state index contributed by atoms with van der Waals surface area (Å²) < 4.78 is 0. The van der Waals surface area contributed by atoms with Gasteiger partial charge in [0, 0.05) is 11.3 Å². The van der Waals surface area contributed by atoms with Gasteiger partial charge in [0.2, 0.25) is 0 Å². The van der Waals surface area contributed by atoms with Gasteiger partial charge < -0.3 is 16.6 Å². The lowest BCUT2D eigenvalue weighted by molar-refractivity contribution is 0.479. The van der Waals surface area contributed by atoms with Crippen molar-refractivity contribution in [3.8, 4) is 16.9 Å². The van der Waals surface area contributed by atoms with E-state index in [1.807, 2.05) is 44.2 Å². The van der Waals surface area contributed by atoms with Crippen LogP contribution in [0.15, 0.2) is 30.3 Å². The zero-order valence-corrected chi connectivity index (χ0v) is 9.99. The summed E-state index contributed by atoms with van der Waals surface area (Å²) >= 11 is 0. The molecule has 0 aliphatic rings. The molecule has 0 fully saturated rings. The van der Waals surface area contributed by atoms with Crippen LogP contribution in [-0.4, -0.2) is 5.11 Å². The van der Waals surface area contributed by atoms with Crippen molar-refractivity contribution in [2.45, 2.75) is 13.8 Å². The molecule has 3 nitrogen and oxygen atoms in total. The summed E-state index contributed by atoms with van der Waals surface area (Å²) in [4.78, 5) is 0. The number of nitrogens with two attached hydrogens (primary N) is 2. The van der Waals surface area contributed by atoms with Crippen molar-refractivity contribution in [1.29, 1.82) is 0 Å². The number of nitrogen functional groups attached to an aromatic ring is 2. The predicted octanol–water partition coefficient (Wildman–Crippen LogP) is 2.84. The van der Waals surface area contributed by atoms with E-state index in [9.17, 15) is 5.11 Å². The standard InChI is InChI=1S/C14H16N2O/c1-8-11(10-6-4-3-5-7-10)14(17)13(16)9(2)12(8)15/h3-7,17H,15-16H2,1-2H3. The van der Waals surface area contributed by atoms with Crippen LogP contribution in [0.1, 0.15) is 11.1 Å². The fourth-order valence-electron chi connectivity index (χ4n) is 2.01. The van der Waals surface area contributed by atoms with E-state index in [1.165, 1.54) is 0 Å². The number of benzene rings is 2. The van der Waals surface area contributed by atoms with E-state index < -0.39 is 0 Å². The van der Waals surface area contributed by atoms with E-state index in [2.05, 4.69) is 0 Å². The molecule has 2 rings (SSSR count). The van der Waals surface area contributed by atoms with E-state index >= 15 is 0 Å². The number of hydrogen-bond donors (Lipinski definition) is 3. The average molecular weight is 228 g/mol. The van der Waals surface area contributed by atoms with Gasteiger partial charge in [-0.05, 0) is 30.5 Å². The van der Waals surface area contributed by atoms with E-state index in [1.54, 1.807) is 0 Å². The Kier molecular flexibility index (Phi) is 2.68. The van der Waals surface area contributed by atoms with E-state index in [-0.39, 0.29) is 5.75 Å². The minimum absolute atomic E-state index is 0.111. The molecule has 0 atom stereocenters. The Bertz CT molecular complexity index is 533. The van der Waals surface area contributed by atoms with Crippen LogP contribution < -0.4 is 11.5 Å². The van der Waals surface area contributed by atoms with Gasteiger partial charge in [-0.2, -0.15) is 0 Å². The van der Waals surface area contributed by atoms with E-state index in [4.69, 9.17) is 11.5 Å². The highest BCUT2D eigenvalue weighted by molar-refractivity contribution is 5.87. The third-order valence-corrected chi connectivity index (χ3v) is 3.14. The first kappa shape index (κ1) is 11.3. The maximum atomic E-state index is 10.2. The van der Waals surface area contributed by atoms with Crippen LogP contribution in [0.2, 0.25) is 0 Å². The fourth-order valence-corrected chi connectivity index (χ4v) is 2.01. The molecule has 0 aliphatic heterocycles. The number of anilines is 2. The molecule has 0 heterocycles. The lowest BCUT2D eigenvalue weighted by atomic mass is 9.94. The maximum absolute atomic E-state index is 10.2. The summed E-state index contributed by atoms with van der Waals surface area (Å²) in [5.41, 5.74) is 16.1. The number of phenols is 1. The molecule has 0 radical (unpaired) electrons. The van der Waals surface area contributed by atoms with Crippen molar-refractivity contribution in [3.05, 3.63) is 41.5 Å². The second-order valence-electron chi connectivity index (χ2n) is 4.17. The Hall–Kier alpha value is -2.16. The minimum atomic E-state index is 0.111. The third-order valence-electron chi connectivity index (χ3n) is 3.14. The van der Waals surface area contributed by atoms with Crippen LogP contribution in [-0.2, 0) is 0 Å². The quantitative estimate of drug-likeness (QED) is 0.399. The second kappa shape index (κ2) is 4.01. The molecule has 0 saturated carbocycles. The molecular formula is C14H16N2O. The molecule has 0 bridgehead atoms. The molecule has 0 amide bonds. The van der Waals surface area contributed by atoms with Crippen LogP contribution in [0, 0.1) is 13.8 Å². The number of hydrogen-bond acceptors (Lipinski definition) is 3. The molecule has 3 heteroatoms. The van der Waals surface area contributed by atoms with Crippen molar-refractivity contribution in [2.75, 3.05) is 11.5 Å². The zero-order valence-electron chi connectivity index (χ0n) is 9.99. The van der Waals surface area contributed by atoms with Crippen LogP contribution in [0.25, 0.3) is 11.1 Å². The minimum Gasteiger partial charge on any atom is -0.505 e. The first-order chi connectivity index (χ1) is 8.04. The summed E-state index contributed by atoms with van der Waals surface area (Å²) in [5, 5.41) is 10.2. The Morgan fingerprint density at radius 2 is 1.47 bits per heavy atom. The highest BCUT2D eigenvalue weighted by Crippen LogP contribution is 2.42. The van der Waals surface area contributed by atoms with Gasteiger partial charge in [0.1, 0.15) is 5.75 Å². The van der Waals surface area contributed by atoms with Gasteiger partial charge in [0.05, 0.1) is 5.69 Å². The molecule has 88 valence electrons. The van der Waals surface area contributed by atoms with Crippen LogP contribution in [0.4, 0.5) is 11.4 Å². The molecule has 2 aromatic rings. The molecule has 0 unspecified atom stereocenters. The summed E-state index contributed by atoms with van der Waals surface area (Å²) in [6, 6.07) is 9.62. The highest BCUT2D eigenvalue weighted by atomic mass is 16.3. The zero-order chi connectivity index (χ0) is 12.6. The first-order valence-corrected chi connectivity index (χ1v) is 5.46. The summed E-state index contributed by atoms with van der Waals surface area (Å²) in [5.74, 6) is 0.111. The average Bonchev–Trinajstić information content (AvgIpc) is 2.36. The summed E-state index contributed by atoms with van der Waals surface area (Å²) in [7, 11) is 0. The summed E-state index contributed by atoms with van der Waals surface area (Å²) in [6.45, 7) is 3.70. The smallest absolute Gasteiger partial charge is 0.146 e. The molecule has 2 aromatic carbocycles. The van der Waals surface area contributed by atoms with Crippen LogP contribution in [0.5, 0.6) is 5.75 Å². The molecule has 0 aromatic heterocycles. The Labute approximate surface area is 101 Å². The van der Waals surface area contributed by atoms with Gasteiger partial charge in [-0.1, -0.05) is 30.3 Å². The van der Waals surface area contributed by atoms with Gasteiger partial charge in [-0.15, -0.1) is 0 Å². The molecule has 5 N–H and O–H groups in total. The Morgan fingerprint density at radius 3 is 2.06 bits per heavy atom. The molecule has 0 saturated heterocycles. The van der Waals surface area contributed by atoms with Crippen molar-refractivity contribution in [3.63, 3.8) is 0 Å². The Morgan fingerprint density at radius 1 is 0.882 bits per heavy atom. The van der Waals surface area contributed by atoms with Crippen molar-refractivity contribution >= 4 is 11.4 Å². The first-order valence-electron chi connectivity index (χ1n) is 5.46. The van der Waals surface area contributed by atoms with Crippen molar-refractivity contribution in [2.24, 2.45) is 0 Å². The molecular weight excluding hydrogens is 212 g/mol. The monoisotopic (exact) mass is 228 g/mol. The SMILES string of the molecule is Cc1c(N)c(C)c(-c2ccccc2)c(O)c1N. The van der Waals surface area contributed by atoms with E-state index in [0.29, 0.717) is 16.9 Å². The van der Waals surface area contributed by atoms with Crippen molar-refractivity contribution < 1.29 is 5.11 Å². The van der Waals surface area contributed by atoms with Gasteiger partial charge >= 0.3 is 0 Å². The lowest BCUT2D eigenvalue weighted by Gasteiger charge is -2.16. The Balaban J connectivity index is 2.80. The summed E-state index contributed by atoms with van der Waals surface area (Å²) in [6.07, 6.45) is 0. The number of phenolic OH excluding ortho intramolecular Hbond substituents is 1. The molecule has 17 heavy (non-hydrogen) atoms. The predicted molar refractivity (Wildman–Crippen MR) is 71.8 cm³/mol. The van der Waals surface area contributed by atoms with Crippen LogP contribution in [0.3, 0.4) is 0 Å². The molecule has 0 aliphatic carbocycles. The van der Waals surface area contributed by atoms with Crippen LogP contribution >= 0.6 is 0 Å².